The lowest BCUT2D eigenvalue weighted by Crippen LogP contribution is -2.30. The summed E-state index contributed by atoms with van der Waals surface area (Å²) in [5.41, 5.74) is 5.58. The summed E-state index contributed by atoms with van der Waals surface area (Å²) in [7, 11) is 0. The molecule has 0 radical (unpaired) electrons. The fourth-order valence-corrected chi connectivity index (χ4v) is 1.85. The Bertz CT molecular complexity index is 144. The third kappa shape index (κ3) is 3.43. The Labute approximate surface area is 70.1 Å². The Hall–Kier alpha value is -0.250. The number of hydrogen-bond donors (Lipinski definition) is 1. The van der Waals surface area contributed by atoms with E-state index in [4.69, 9.17) is 5.73 Å². The number of hydrogen-bond acceptors (Lipinski definition) is 1. The molecule has 2 unspecified atom stereocenters. The van der Waals surface area contributed by atoms with E-state index in [0.29, 0.717) is 12.8 Å². The maximum atomic E-state index is 11.9. The molecule has 72 valence electrons. The van der Waals surface area contributed by atoms with Gasteiger partial charge in [-0.3, -0.25) is 0 Å². The number of nitrogens with two attached hydrogens (primary N) is 1. The van der Waals surface area contributed by atoms with Gasteiger partial charge >= 0.3 is 6.18 Å². The van der Waals surface area contributed by atoms with Gasteiger partial charge in [0.1, 0.15) is 0 Å². The van der Waals surface area contributed by atoms with Crippen LogP contribution >= 0.6 is 0 Å². The normalized spacial score (nSPS) is 32.0. The van der Waals surface area contributed by atoms with Crippen LogP contribution in [-0.2, 0) is 0 Å². The van der Waals surface area contributed by atoms with Crippen LogP contribution in [-0.4, -0.2) is 12.2 Å². The van der Waals surface area contributed by atoms with Crippen LogP contribution in [0.25, 0.3) is 0 Å². The van der Waals surface area contributed by atoms with Crippen molar-refractivity contribution in [2.24, 2.45) is 11.7 Å². The van der Waals surface area contributed by atoms with Gasteiger partial charge in [-0.05, 0) is 18.8 Å². The van der Waals surface area contributed by atoms with Crippen molar-refractivity contribution in [1.82, 2.24) is 0 Å². The van der Waals surface area contributed by atoms with Crippen molar-refractivity contribution in [2.45, 2.75) is 44.3 Å². The Morgan fingerprint density at radius 1 is 1.25 bits per heavy atom. The summed E-state index contributed by atoms with van der Waals surface area (Å²) >= 11 is 0. The second kappa shape index (κ2) is 3.64. The van der Waals surface area contributed by atoms with Crippen molar-refractivity contribution in [3.8, 4) is 0 Å². The Morgan fingerprint density at radius 3 is 2.42 bits per heavy atom. The van der Waals surface area contributed by atoms with Gasteiger partial charge in [-0.1, -0.05) is 12.8 Å². The van der Waals surface area contributed by atoms with E-state index in [-0.39, 0.29) is 12.0 Å². The zero-order valence-corrected chi connectivity index (χ0v) is 6.90. The molecule has 0 aromatic rings. The molecule has 1 saturated carbocycles. The molecule has 4 heteroatoms. The highest BCUT2D eigenvalue weighted by atomic mass is 19.4. The molecule has 0 spiro atoms. The van der Waals surface area contributed by atoms with Crippen molar-refractivity contribution < 1.29 is 13.2 Å². The predicted molar refractivity (Wildman–Crippen MR) is 40.6 cm³/mol. The van der Waals surface area contributed by atoms with Crippen molar-refractivity contribution in [3.05, 3.63) is 0 Å². The van der Waals surface area contributed by atoms with Gasteiger partial charge in [0, 0.05) is 12.5 Å². The first-order chi connectivity index (χ1) is 5.47. The van der Waals surface area contributed by atoms with E-state index >= 15 is 0 Å². The van der Waals surface area contributed by atoms with Crippen LogP contribution in [0.5, 0.6) is 0 Å². The third-order valence-corrected chi connectivity index (χ3v) is 2.34. The molecule has 1 aliphatic rings. The number of alkyl halides is 3. The minimum absolute atomic E-state index is 0.00824. The lowest BCUT2D eigenvalue weighted by atomic mass is 9.84. The fraction of sp³-hybridized carbons (Fsp3) is 1.00. The average molecular weight is 181 g/mol. The summed E-state index contributed by atoms with van der Waals surface area (Å²) in [5, 5.41) is 0. The molecule has 1 rings (SSSR count). The molecule has 0 aromatic carbocycles. The van der Waals surface area contributed by atoms with Gasteiger partial charge in [0.2, 0.25) is 0 Å². The monoisotopic (exact) mass is 181 g/mol. The molecule has 0 bridgehead atoms. The van der Waals surface area contributed by atoms with Crippen LogP contribution in [0, 0.1) is 5.92 Å². The fourth-order valence-electron chi connectivity index (χ4n) is 1.85. The molecule has 2 N–H and O–H groups in total. The predicted octanol–water partition coefficient (Wildman–Crippen LogP) is 2.46. The molecule has 1 fully saturated rings. The average Bonchev–Trinajstić information content (AvgIpc) is 1.82. The maximum Gasteiger partial charge on any atom is 0.389 e. The van der Waals surface area contributed by atoms with Crippen LogP contribution in [0.4, 0.5) is 13.2 Å². The van der Waals surface area contributed by atoms with Crippen LogP contribution in [0.2, 0.25) is 0 Å². The van der Waals surface area contributed by atoms with Gasteiger partial charge in [-0.15, -0.1) is 0 Å². The molecule has 1 nitrogen and oxygen atoms in total. The van der Waals surface area contributed by atoms with Crippen LogP contribution in [0.1, 0.15) is 32.1 Å². The topological polar surface area (TPSA) is 26.0 Å². The highest BCUT2D eigenvalue weighted by molar-refractivity contribution is 4.76. The van der Waals surface area contributed by atoms with Gasteiger partial charge in [0.15, 0.2) is 0 Å². The van der Waals surface area contributed by atoms with Crippen LogP contribution < -0.4 is 5.73 Å². The van der Waals surface area contributed by atoms with Gasteiger partial charge in [-0.2, -0.15) is 13.2 Å². The van der Waals surface area contributed by atoms with Crippen molar-refractivity contribution in [1.29, 1.82) is 0 Å². The van der Waals surface area contributed by atoms with Crippen molar-refractivity contribution >= 4 is 0 Å². The molecule has 0 heterocycles. The summed E-state index contributed by atoms with van der Waals surface area (Å²) < 4.78 is 35.8. The Kier molecular flexibility index (Phi) is 2.99. The smallest absolute Gasteiger partial charge is 0.328 e. The molecule has 0 amide bonds. The number of rotatable bonds is 1. The first-order valence-electron chi connectivity index (χ1n) is 4.30. The summed E-state index contributed by atoms with van der Waals surface area (Å²) in [6, 6.07) is -0.00824. The highest BCUT2D eigenvalue weighted by Gasteiger charge is 2.33. The minimum Gasteiger partial charge on any atom is -0.328 e. The summed E-state index contributed by atoms with van der Waals surface area (Å²) in [6.45, 7) is 0. The van der Waals surface area contributed by atoms with Gasteiger partial charge in [0.25, 0.3) is 0 Å². The molecule has 0 saturated heterocycles. The number of halogens is 3. The molecular weight excluding hydrogens is 167 g/mol. The highest BCUT2D eigenvalue weighted by Crippen LogP contribution is 2.33. The second-order valence-corrected chi connectivity index (χ2v) is 3.61. The first kappa shape index (κ1) is 9.84. The molecule has 0 aromatic heterocycles. The minimum atomic E-state index is -4.01. The molecule has 12 heavy (non-hydrogen) atoms. The Morgan fingerprint density at radius 2 is 1.92 bits per heavy atom. The maximum absolute atomic E-state index is 11.9. The summed E-state index contributed by atoms with van der Waals surface area (Å²) in [4.78, 5) is 0. The van der Waals surface area contributed by atoms with Crippen molar-refractivity contribution in [3.63, 3.8) is 0 Å². The van der Waals surface area contributed by atoms with E-state index < -0.39 is 12.6 Å². The molecule has 0 aliphatic heterocycles. The summed E-state index contributed by atoms with van der Waals surface area (Å²) in [5.74, 6) is -0.228. The van der Waals surface area contributed by atoms with Crippen LogP contribution in [0.3, 0.4) is 0 Å². The molecular formula is C8H14F3N. The zero-order chi connectivity index (χ0) is 9.19. The quantitative estimate of drug-likeness (QED) is 0.660. The largest absolute Gasteiger partial charge is 0.389 e. The van der Waals surface area contributed by atoms with E-state index in [0.717, 1.165) is 12.8 Å². The van der Waals surface area contributed by atoms with E-state index in [1.165, 1.54) is 0 Å². The SMILES string of the molecule is NC1CCCC(CC(F)(F)F)C1. The van der Waals surface area contributed by atoms with Crippen molar-refractivity contribution in [2.75, 3.05) is 0 Å². The van der Waals surface area contributed by atoms with E-state index in [1.807, 2.05) is 0 Å². The standard InChI is InChI=1S/C8H14F3N/c9-8(10,11)5-6-2-1-3-7(12)4-6/h6-7H,1-5,12H2. The van der Waals surface area contributed by atoms with E-state index in [1.54, 1.807) is 0 Å². The zero-order valence-electron chi connectivity index (χ0n) is 6.90. The molecule has 2 atom stereocenters. The van der Waals surface area contributed by atoms with E-state index in [2.05, 4.69) is 0 Å². The van der Waals surface area contributed by atoms with E-state index in [9.17, 15) is 13.2 Å². The molecule has 1 aliphatic carbocycles. The third-order valence-electron chi connectivity index (χ3n) is 2.34. The first-order valence-corrected chi connectivity index (χ1v) is 4.30. The Balaban J connectivity index is 2.32. The lowest BCUT2D eigenvalue weighted by molar-refractivity contribution is -0.146. The lowest BCUT2D eigenvalue weighted by Gasteiger charge is -2.27. The van der Waals surface area contributed by atoms with Gasteiger partial charge < -0.3 is 5.73 Å². The van der Waals surface area contributed by atoms with Gasteiger partial charge in [-0.25, -0.2) is 0 Å². The second-order valence-electron chi connectivity index (χ2n) is 3.61. The van der Waals surface area contributed by atoms with Gasteiger partial charge in [0.05, 0.1) is 0 Å². The van der Waals surface area contributed by atoms with Crippen LogP contribution in [0.15, 0.2) is 0 Å². The summed E-state index contributed by atoms with van der Waals surface area (Å²) in [6.07, 6.45) is -1.70.